The van der Waals surface area contributed by atoms with Crippen LogP contribution in [-0.2, 0) is 4.74 Å². The van der Waals surface area contributed by atoms with Gasteiger partial charge in [-0.2, -0.15) is 4.91 Å². The molecule has 0 aliphatic rings. The van der Waals surface area contributed by atoms with Gasteiger partial charge >= 0.3 is 0 Å². The maximum absolute atomic E-state index is 10.1. The Balaban J connectivity index is 2.12. The van der Waals surface area contributed by atoms with Gasteiger partial charge in [0.05, 0.1) is 6.54 Å². The summed E-state index contributed by atoms with van der Waals surface area (Å²) in [7, 11) is 0. The van der Waals surface area contributed by atoms with Crippen LogP contribution in [0.5, 0.6) is 0 Å². The molecule has 0 heterocycles. The maximum atomic E-state index is 10.1. The number of rotatable bonds is 7. The minimum atomic E-state index is -0.0888. The van der Waals surface area contributed by atoms with E-state index in [2.05, 4.69) is 29.4 Å². The third kappa shape index (κ3) is 4.00. The highest BCUT2D eigenvalue weighted by Crippen LogP contribution is 2.25. The second-order valence-corrected chi connectivity index (χ2v) is 4.28. The third-order valence-electron chi connectivity index (χ3n) is 2.88. The van der Waals surface area contributed by atoms with Crippen molar-refractivity contribution in [3.63, 3.8) is 0 Å². The number of benzene rings is 2. The summed E-state index contributed by atoms with van der Waals surface area (Å²) in [6.07, 6.45) is 0.564. The maximum Gasteiger partial charge on any atom is 0.108 e. The van der Waals surface area contributed by atoms with Crippen LogP contribution in [0.2, 0.25) is 0 Å². The zero-order valence-electron chi connectivity index (χ0n) is 10.7. The van der Waals surface area contributed by atoms with Gasteiger partial charge in [-0.15, -0.1) is 0 Å². The van der Waals surface area contributed by atoms with Crippen molar-refractivity contribution >= 4 is 0 Å². The summed E-state index contributed by atoms with van der Waals surface area (Å²) in [4.78, 5) is 10.1. The van der Waals surface area contributed by atoms with Crippen LogP contribution in [0.25, 0.3) is 0 Å². The van der Waals surface area contributed by atoms with Gasteiger partial charge in [0.15, 0.2) is 0 Å². The number of ether oxygens (including phenoxy) is 1. The van der Waals surface area contributed by atoms with Gasteiger partial charge in [0, 0.05) is 6.61 Å². The second kappa shape index (κ2) is 7.44. The lowest BCUT2D eigenvalue weighted by molar-refractivity contribution is 0.0794. The molecule has 3 heteroatoms. The molecule has 0 aromatic heterocycles. The molecule has 19 heavy (non-hydrogen) atoms. The van der Waals surface area contributed by atoms with Gasteiger partial charge in [-0.05, 0) is 17.5 Å². The quantitative estimate of drug-likeness (QED) is 0.555. The minimum Gasteiger partial charge on any atom is -0.369 e. The predicted molar refractivity (Wildman–Crippen MR) is 76.0 cm³/mol. The zero-order chi connectivity index (χ0) is 13.3. The van der Waals surface area contributed by atoms with Crippen LogP contribution < -0.4 is 0 Å². The van der Waals surface area contributed by atoms with Crippen LogP contribution in [0, 0.1) is 4.91 Å². The van der Waals surface area contributed by atoms with Crippen LogP contribution in [0.1, 0.15) is 23.7 Å². The number of hydrogen-bond acceptors (Lipinski definition) is 3. The molecule has 0 atom stereocenters. The van der Waals surface area contributed by atoms with Gasteiger partial charge in [0.2, 0.25) is 0 Å². The molecule has 0 spiro atoms. The summed E-state index contributed by atoms with van der Waals surface area (Å²) in [5.74, 6) is 0. The Labute approximate surface area is 113 Å². The Kier molecular flexibility index (Phi) is 5.26. The monoisotopic (exact) mass is 255 g/mol. The molecule has 0 bridgehead atoms. The van der Waals surface area contributed by atoms with Gasteiger partial charge in [-0.25, -0.2) is 0 Å². The Bertz CT molecular complexity index is 445. The highest BCUT2D eigenvalue weighted by atomic mass is 16.5. The van der Waals surface area contributed by atoms with Crippen molar-refractivity contribution in [2.45, 2.75) is 12.5 Å². The highest BCUT2D eigenvalue weighted by Gasteiger charge is 2.13. The topological polar surface area (TPSA) is 38.7 Å². The molecular weight excluding hydrogens is 238 g/mol. The molecule has 98 valence electrons. The molecule has 0 aliphatic carbocycles. The largest absolute Gasteiger partial charge is 0.369 e. The number of hydrogen-bond donors (Lipinski definition) is 0. The lowest BCUT2D eigenvalue weighted by atomic mass is 10.0. The first kappa shape index (κ1) is 13.4. The van der Waals surface area contributed by atoms with E-state index in [1.807, 2.05) is 36.4 Å². The van der Waals surface area contributed by atoms with Crippen molar-refractivity contribution in [1.29, 1.82) is 0 Å². The molecule has 0 saturated heterocycles. The normalized spacial score (nSPS) is 10.6. The molecule has 0 unspecified atom stereocenters. The first-order chi connectivity index (χ1) is 9.42. The van der Waals surface area contributed by atoms with Crippen LogP contribution in [-0.4, -0.2) is 13.2 Å². The average molecular weight is 255 g/mol. The van der Waals surface area contributed by atoms with E-state index in [9.17, 15) is 4.91 Å². The highest BCUT2D eigenvalue weighted by molar-refractivity contribution is 5.29. The van der Waals surface area contributed by atoms with Crippen molar-refractivity contribution in [1.82, 2.24) is 0 Å². The van der Waals surface area contributed by atoms with E-state index in [-0.39, 0.29) is 6.10 Å². The van der Waals surface area contributed by atoms with Crippen LogP contribution >= 0.6 is 0 Å². The molecule has 0 saturated carbocycles. The Morgan fingerprint density at radius 1 is 0.895 bits per heavy atom. The van der Waals surface area contributed by atoms with E-state index in [0.717, 1.165) is 11.1 Å². The Morgan fingerprint density at radius 3 is 1.89 bits per heavy atom. The molecular formula is C16H17NO2. The van der Waals surface area contributed by atoms with E-state index < -0.39 is 0 Å². The SMILES string of the molecule is O=NCCCOC(c1ccccc1)c1ccccc1. The van der Waals surface area contributed by atoms with Gasteiger partial charge in [0.25, 0.3) is 0 Å². The standard InChI is InChI=1S/C16H17NO2/c18-17-12-7-13-19-16(14-8-3-1-4-9-14)15-10-5-2-6-11-15/h1-6,8-11,16H,7,12-13H2. The fourth-order valence-corrected chi connectivity index (χ4v) is 1.97. The summed E-state index contributed by atoms with van der Waals surface area (Å²) in [6.45, 7) is 0.830. The summed E-state index contributed by atoms with van der Waals surface area (Å²) in [6, 6.07) is 20.2. The van der Waals surface area contributed by atoms with Gasteiger partial charge in [-0.3, -0.25) is 0 Å². The van der Waals surface area contributed by atoms with Crippen molar-refractivity contribution in [3.05, 3.63) is 76.7 Å². The van der Waals surface area contributed by atoms with Crippen LogP contribution in [0.15, 0.2) is 65.8 Å². The average Bonchev–Trinajstić information content (AvgIpc) is 2.49. The number of nitroso groups, excluding NO2 is 1. The van der Waals surface area contributed by atoms with E-state index >= 15 is 0 Å². The van der Waals surface area contributed by atoms with Crippen LogP contribution in [0.4, 0.5) is 0 Å². The van der Waals surface area contributed by atoms with Crippen molar-refractivity contribution < 1.29 is 4.74 Å². The van der Waals surface area contributed by atoms with Gasteiger partial charge in [0.1, 0.15) is 6.10 Å². The van der Waals surface area contributed by atoms with E-state index in [4.69, 9.17) is 4.74 Å². The lowest BCUT2D eigenvalue weighted by Gasteiger charge is -2.18. The molecule has 2 rings (SSSR count). The lowest BCUT2D eigenvalue weighted by Crippen LogP contribution is -2.08. The fraction of sp³-hybridized carbons (Fsp3) is 0.250. The number of nitrogens with zero attached hydrogens (tertiary/aromatic N) is 1. The first-order valence-electron chi connectivity index (χ1n) is 6.42. The van der Waals surface area contributed by atoms with Crippen molar-refractivity contribution in [2.75, 3.05) is 13.2 Å². The summed E-state index contributed by atoms with van der Waals surface area (Å²) in [5.41, 5.74) is 2.24. The van der Waals surface area contributed by atoms with Gasteiger partial charge < -0.3 is 4.74 Å². The van der Waals surface area contributed by atoms with Crippen LogP contribution in [0.3, 0.4) is 0 Å². The molecule has 3 nitrogen and oxygen atoms in total. The van der Waals surface area contributed by atoms with E-state index in [1.165, 1.54) is 0 Å². The third-order valence-corrected chi connectivity index (χ3v) is 2.88. The molecule has 2 aromatic carbocycles. The predicted octanol–water partition coefficient (Wildman–Crippen LogP) is 3.95. The molecule has 0 aliphatic heterocycles. The smallest absolute Gasteiger partial charge is 0.108 e. The van der Waals surface area contributed by atoms with Gasteiger partial charge in [-0.1, -0.05) is 65.8 Å². The Hall–Kier alpha value is -2.00. The van der Waals surface area contributed by atoms with E-state index in [0.29, 0.717) is 19.6 Å². The minimum absolute atomic E-state index is 0.0888. The van der Waals surface area contributed by atoms with Crippen molar-refractivity contribution in [2.24, 2.45) is 5.18 Å². The molecule has 0 fully saturated rings. The molecule has 0 amide bonds. The zero-order valence-corrected chi connectivity index (χ0v) is 10.7. The molecule has 2 aromatic rings. The summed E-state index contributed by atoms with van der Waals surface area (Å²) >= 11 is 0. The summed E-state index contributed by atoms with van der Waals surface area (Å²) < 4.78 is 5.92. The first-order valence-corrected chi connectivity index (χ1v) is 6.42. The summed E-state index contributed by atoms with van der Waals surface area (Å²) in [5, 5.41) is 2.85. The fourth-order valence-electron chi connectivity index (χ4n) is 1.97. The molecule has 0 N–H and O–H groups in total. The molecule has 0 radical (unpaired) electrons. The van der Waals surface area contributed by atoms with Crippen molar-refractivity contribution in [3.8, 4) is 0 Å². The Morgan fingerprint density at radius 2 is 1.42 bits per heavy atom. The van der Waals surface area contributed by atoms with E-state index in [1.54, 1.807) is 0 Å². The second-order valence-electron chi connectivity index (χ2n) is 4.28.